The molecule has 0 aliphatic heterocycles. The van der Waals surface area contributed by atoms with Crippen molar-refractivity contribution in [3.8, 4) is 0 Å². The zero-order valence-electron chi connectivity index (χ0n) is 14.8. The van der Waals surface area contributed by atoms with E-state index in [0.29, 0.717) is 0 Å². The zero-order valence-corrected chi connectivity index (χ0v) is 14.8. The Morgan fingerprint density at radius 3 is 2.67 bits per heavy atom. The molecule has 144 valence electrons. The van der Waals surface area contributed by atoms with Gasteiger partial charge in [0.05, 0.1) is 24.3 Å². The average molecular weight is 373 g/mol. The summed E-state index contributed by atoms with van der Waals surface area (Å²) >= 11 is 0. The van der Waals surface area contributed by atoms with Crippen LogP contribution in [0.3, 0.4) is 0 Å². The van der Waals surface area contributed by atoms with Crippen LogP contribution < -0.4 is 16.4 Å². The van der Waals surface area contributed by atoms with Gasteiger partial charge in [0.15, 0.2) is 0 Å². The van der Waals surface area contributed by atoms with Gasteiger partial charge in [0.2, 0.25) is 5.90 Å². The summed E-state index contributed by atoms with van der Waals surface area (Å²) in [5, 5.41) is 31.7. The number of nitrogen functional groups attached to an aromatic ring is 1. The Balaban J connectivity index is 2.04. The maximum absolute atomic E-state index is 12.3. The number of hydrogen-bond donors (Lipinski definition) is 6. The number of amides is 2. The third-order valence-electron chi connectivity index (χ3n) is 3.69. The molecule has 2 aromatic rings. The number of nitrogens with two attached hydrogens (primary N) is 1. The fourth-order valence-corrected chi connectivity index (χ4v) is 2.39. The van der Waals surface area contributed by atoms with Gasteiger partial charge < -0.3 is 26.0 Å². The van der Waals surface area contributed by atoms with Gasteiger partial charge in [-0.1, -0.05) is 30.3 Å². The van der Waals surface area contributed by atoms with Crippen molar-refractivity contribution >= 4 is 23.4 Å². The van der Waals surface area contributed by atoms with Gasteiger partial charge in [-0.2, -0.15) is 0 Å². The SMILES string of the molecule is C[C@H](O)[C@@H](NC(=O)Nc1cc(N)c(C(=N)OCCO)cn1)c1ccccc1. The molecule has 0 aliphatic carbocycles. The van der Waals surface area contributed by atoms with Crippen molar-refractivity contribution in [2.45, 2.75) is 19.1 Å². The number of benzene rings is 1. The first-order valence-electron chi connectivity index (χ1n) is 8.31. The summed E-state index contributed by atoms with van der Waals surface area (Å²) in [6, 6.07) is 9.34. The molecule has 27 heavy (non-hydrogen) atoms. The molecule has 1 heterocycles. The Kier molecular flexibility index (Phi) is 7.09. The predicted molar refractivity (Wildman–Crippen MR) is 102 cm³/mol. The molecule has 0 radical (unpaired) electrons. The maximum atomic E-state index is 12.3. The number of carbonyl (C=O) groups excluding carboxylic acids is 1. The van der Waals surface area contributed by atoms with Crippen molar-refractivity contribution in [3.63, 3.8) is 0 Å². The number of ether oxygens (including phenoxy) is 1. The third-order valence-corrected chi connectivity index (χ3v) is 3.69. The third kappa shape index (κ3) is 5.66. The highest BCUT2D eigenvalue weighted by Crippen LogP contribution is 2.18. The summed E-state index contributed by atoms with van der Waals surface area (Å²) < 4.78 is 4.99. The van der Waals surface area contributed by atoms with E-state index in [9.17, 15) is 9.90 Å². The first-order valence-corrected chi connectivity index (χ1v) is 8.31. The minimum Gasteiger partial charge on any atom is -0.475 e. The van der Waals surface area contributed by atoms with Crippen molar-refractivity contribution in [2.75, 3.05) is 24.3 Å². The molecule has 0 aliphatic rings. The van der Waals surface area contributed by atoms with E-state index in [1.54, 1.807) is 19.1 Å². The number of rotatable bonds is 7. The standard InChI is InChI=1S/C18H23N5O4/c1-11(25)16(12-5-3-2-4-6-12)23-18(26)22-15-9-14(19)13(10-21-15)17(20)27-8-7-24/h2-6,9-11,16,20,24-25H,7-8H2,1H3,(H4,19,21,22,23,26)/t11-,16+/m0/s1. The highest BCUT2D eigenvalue weighted by Gasteiger charge is 2.20. The molecule has 0 bridgehead atoms. The van der Waals surface area contributed by atoms with Crippen LogP contribution in [0.5, 0.6) is 0 Å². The number of aliphatic hydroxyl groups is 2. The van der Waals surface area contributed by atoms with Crippen LogP contribution >= 0.6 is 0 Å². The highest BCUT2D eigenvalue weighted by molar-refractivity contribution is 5.97. The first kappa shape index (κ1) is 20.1. The Morgan fingerprint density at radius 2 is 2.07 bits per heavy atom. The van der Waals surface area contributed by atoms with Crippen LogP contribution in [-0.2, 0) is 4.74 Å². The van der Waals surface area contributed by atoms with Crippen molar-refractivity contribution in [3.05, 3.63) is 53.7 Å². The molecule has 0 spiro atoms. The van der Waals surface area contributed by atoms with E-state index >= 15 is 0 Å². The van der Waals surface area contributed by atoms with Crippen LogP contribution in [0.4, 0.5) is 16.3 Å². The molecule has 1 aromatic carbocycles. The van der Waals surface area contributed by atoms with Gasteiger partial charge in [-0.3, -0.25) is 10.7 Å². The normalized spacial score (nSPS) is 12.7. The van der Waals surface area contributed by atoms with Crippen molar-refractivity contribution in [1.82, 2.24) is 10.3 Å². The van der Waals surface area contributed by atoms with Crippen LogP contribution in [0.2, 0.25) is 0 Å². The molecule has 0 unspecified atom stereocenters. The second-order valence-corrected chi connectivity index (χ2v) is 5.79. The molecule has 2 rings (SSSR count). The lowest BCUT2D eigenvalue weighted by Gasteiger charge is -2.22. The van der Waals surface area contributed by atoms with Gasteiger partial charge in [-0.25, -0.2) is 9.78 Å². The Morgan fingerprint density at radius 1 is 1.37 bits per heavy atom. The van der Waals surface area contributed by atoms with Crippen LogP contribution in [0.1, 0.15) is 24.1 Å². The number of pyridine rings is 1. The average Bonchev–Trinajstić information content (AvgIpc) is 2.64. The first-order chi connectivity index (χ1) is 12.9. The zero-order chi connectivity index (χ0) is 19.8. The molecule has 0 saturated heterocycles. The quantitative estimate of drug-likeness (QED) is 0.317. The number of hydrogen-bond acceptors (Lipinski definition) is 7. The van der Waals surface area contributed by atoms with E-state index in [2.05, 4.69) is 15.6 Å². The van der Waals surface area contributed by atoms with E-state index < -0.39 is 18.2 Å². The lowest BCUT2D eigenvalue weighted by atomic mass is 10.0. The molecule has 2 amide bonds. The van der Waals surface area contributed by atoms with E-state index in [1.165, 1.54) is 12.3 Å². The smallest absolute Gasteiger partial charge is 0.320 e. The highest BCUT2D eigenvalue weighted by atomic mass is 16.5. The van der Waals surface area contributed by atoms with Gasteiger partial charge >= 0.3 is 6.03 Å². The second kappa shape index (κ2) is 9.51. The van der Waals surface area contributed by atoms with Crippen LogP contribution in [0, 0.1) is 5.41 Å². The molecular formula is C18H23N5O4. The van der Waals surface area contributed by atoms with Crippen LogP contribution in [0.25, 0.3) is 0 Å². The summed E-state index contributed by atoms with van der Waals surface area (Å²) in [5.74, 6) is -0.0376. The summed E-state index contributed by atoms with van der Waals surface area (Å²) in [5.41, 5.74) is 7.08. The second-order valence-electron chi connectivity index (χ2n) is 5.79. The van der Waals surface area contributed by atoms with Gasteiger partial charge in [0, 0.05) is 18.0 Å². The van der Waals surface area contributed by atoms with Crippen LogP contribution in [0.15, 0.2) is 42.6 Å². The number of anilines is 2. The van der Waals surface area contributed by atoms with Gasteiger partial charge in [-0.05, 0) is 12.5 Å². The lowest BCUT2D eigenvalue weighted by molar-refractivity contribution is 0.148. The molecular weight excluding hydrogens is 350 g/mol. The van der Waals surface area contributed by atoms with Gasteiger partial charge in [0.1, 0.15) is 12.4 Å². The number of carbonyl (C=O) groups is 1. The van der Waals surface area contributed by atoms with E-state index in [-0.39, 0.29) is 36.2 Å². The number of aromatic nitrogens is 1. The van der Waals surface area contributed by atoms with Gasteiger partial charge in [-0.15, -0.1) is 0 Å². The molecule has 9 nitrogen and oxygen atoms in total. The number of nitrogens with zero attached hydrogens (tertiary/aromatic N) is 1. The van der Waals surface area contributed by atoms with Crippen LogP contribution in [-0.4, -0.2) is 46.4 Å². The lowest BCUT2D eigenvalue weighted by Crippen LogP contribution is -2.38. The topological polar surface area (TPSA) is 154 Å². The summed E-state index contributed by atoms with van der Waals surface area (Å²) in [4.78, 5) is 16.3. The Bertz CT molecular complexity index is 783. The number of nitrogens with one attached hydrogen (secondary N) is 3. The Hall–Kier alpha value is -3.17. The minimum atomic E-state index is -0.803. The summed E-state index contributed by atoms with van der Waals surface area (Å²) in [7, 11) is 0. The Labute approximate surface area is 156 Å². The monoisotopic (exact) mass is 373 g/mol. The summed E-state index contributed by atoms with van der Waals surface area (Å²) in [6.07, 6.45) is 0.497. The molecule has 7 N–H and O–H groups in total. The predicted octanol–water partition coefficient (Wildman–Crippen LogP) is 1.24. The van der Waals surface area contributed by atoms with E-state index in [0.717, 1.165) is 5.56 Å². The molecule has 1 aromatic heterocycles. The van der Waals surface area contributed by atoms with E-state index in [4.69, 9.17) is 21.0 Å². The molecule has 9 heteroatoms. The number of urea groups is 1. The molecule has 0 saturated carbocycles. The molecule has 2 atom stereocenters. The fraction of sp³-hybridized carbons (Fsp3) is 0.278. The van der Waals surface area contributed by atoms with Crippen molar-refractivity contribution < 1.29 is 19.7 Å². The largest absolute Gasteiger partial charge is 0.475 e. The van der Waals surface area contributed by atoms with Gasteiger partial charge in [0.25, 0.3) is 0 Å². The number of aliphatic hydroxyl groups excluding tert-OH is 2. The summed E-state index contributed by atoms with van der Waals surface area (Å²) in [6.45, 7) is 1.34. The maximum Gasteiger partial charge on any atom is 0.320 e. The molecule has 0 fully saturated rings. The fourth-order valence-electron chi connectivity index (χ4n) is 2.39. The van der Waals surface area contributed by atoms with E-state index in [1.807, 2.05) is 18.2 Å². The van der Waals surface area contributed by atoms with Crippen molar-refractivity contribution in [2.24, 2.45) is 0 Å². The minimum absolute atomic E-state index is 0.0269. The van der Waals surface area contributed by atoms with Crippen molar-refractivity contribution in [1.29, 1.82) is 5.41 Å².